The van der Waals surface area contributed by atoms with Crippen molar-refractivity contribution in [2.75, 3.05) is 32.8 Å². The number of hydrogen-bond acceptors (Lipinski definition) is 3. The molecule has 1 N–H and O–H groups in total. The van der Waals surface area contributed by atoms with Gasteiger partial charge in [-0.05, 0) is 42.5 Å². The fourth-order valence-electron chi connectivity index (χ4n) is 4.92. The summed E-state index contributed by atoms with van der Waals surface area (Å²) in [4.78, 5) is 5.14. The molecule has 2 aliphatic rings. The Balaban J connectivity index is 1.37. The van der Waals surface area contributed by atoms with Crippen molar-refractivity contribution in [3.05, 3.63) is 71.8 Å². The zero-order chi connectivity index (χ0) is 17.8. The summed E-state index contributed by atoms with van der Waals surface area (Å²) in [5.41, 5.74) is 3.08. The van der Waals surface area contributed by atoms with Crippen LogP contribution in [0.5, 0.6) is 0 Å². The topological polar surface area (TPSA) is 26.7 Å². The Morgan fingerprint density at radius 3 is 1.88 bits per heavy atom. The molecule has 0 amide bonds. The number of aliphatic hydroxyl groups is 1. The first-order valence-electron chi connectivity index (χ1n) is 9.91. The fraction of sp³-hybridized carbons (Fsp3) is 0.478. The van der Waals surface area contributed by atoms with Crippen molar-refractivity contribution in [2.24, 2.45) is 11.3 Å². The van der Waals surface area contributed by atoms with Crippen molar-refractivity contribution >= 4 is 0 Å². The number of piperidine rings is 1. The molecule has 2 saturated heterocycles. The zero-order valence-electron chi connectivity index (χ0n) is 15.6. The van der Waals surface area contributed by atoms with Crippen LogP contribution in [0.4, 0.5) is 0 Å². The van der Waals surface area contributed by atoms with Gasteiger partial charge >= 0.3 is 0 Å². The summed E-state index contributed by atoms with van der Waals surface area (Å²) in [5.74, 6) is 0.421. The van der Waals surface area contributed by atoms with Crippen molar-refractivity contribution in [3.63, 3.8) is 0 Å². The quantitative estimate of drug-likeness (QED) is 0.895. The Kier molecular flexibility index (Phi) is 5.39. The molecule has 0 saturated carbocycles. The van der Waals surface area contributed by atoms with Gasteiger partial charge in [0.05, 0.1) is 0 Å². The average Bonchev–Trinajstić information content (AvgIpc) is 3.02. The third-order valence-corrected chi connectivity index (χ3v) is 6.45. The van der Waals surface area contributed by atoms with Gasteiger partial charge in [-0.3, -0.25) is 9.80 Å². The van der Waals surface area contributed by atoms with Crippen molar-refractivity contribution in [3.8, 4) is 0 Å². The molecule has 4 rings (SSSR count). The minimum atomic E-state index is 0.302. The number of hydrogen-bond donors (Lipinski definition) is 1. The Morgan fingerprint density at radius 2 is 1.35 bits per heavy atom. The molecule has 2 aliphatic heterocycles. The third-order valence-electron chi connectivity index (χ3n) is 6.45. The van der Waals surface area contributed by atoms with Crippen LogP contribution in [0.1, 0.15) is 24.0 Å². The van der Waals surface area contributed by atoms with Gasteiger partial charge in [-0.15, -0.1) is 0 Å². The number of benzene rings is 2. The molecular formula is C23H30N2O. The molecule has 2 aromatic carbocycles. The summed E-state index contributed by atoms with van der Waals surface area (Å²) in [5, 5.41) is 10.0. The maximum Gasteiger partial charge on any atom is 0.0477 e. The normalized spacial score (nSPS) is 23.5. The van der Waals surface area contributed by atoms with Crippen LogP contribution in [0.3, 0.4) is 0 Å². The molecule has 2 heterocycles. The summed E-state index contributed by atoms with van der Waals surface area (Å²) in [6.07, 6.45) is 2.41. The van der Waals surface area contributed by atoms with Gasteiger partial charge < -0.3 is 5.11 Å². The van der Waals surface area contributed by atoms with E-state index in [1.165, 1.54) is 24.0 Å². The lowest BCUT2D eigenvalue weighted by molar-refractivity contribution is 0.0482. The van der Waals surface area contributed by atoms with Crippen molar-refractivity contribution in [1.29, 1.82) is 0 Å². The van der Waals surface area contributed by atoms with Gasteiger partial charge in [-0.2, -0.15) is 0 Å². The van der Waals surface area contributed by atoms with Crippen LogP contribution in [0, 0.1) is 11.3 Å². The molecule has 0 radical (unpaired) electrons. The van der Waals surface area contributed by atoms with Gasteiger partial charge in [0.15, 0.2) is 0 Å². The molecule has 26 heavy (non-hydrogen) atoms. The largest absolute Gasteiger partial charge is 0.396 e. The molecule has 2 aromatic rings. The van der Waals surface area contributed by atoms with Crippen molar-refractivity contribution in [2.45, 2.75) is 25.9 Å². The smallest absolute Gasteiger partial charge is 0.0477 e. The third kappa shape index (κ3) is 3.85. The van der Waals surface area contributed by atoms with Gasteiger partial charge in [0.1, 0.15) is 0 Å². The van der Waals surface area contributed by atoms with Gasteiger partial charge in [-0.1, -0.05) is 60.7 Å². The Hall–Kier alpha value is -1.68. The maximum absolute atomic E-state index is 10.0. The first kappa shape index (κ1) is 17.7. The van der Waals surface area contributed by atoms with E-state index in [0.29, 0.717) is 17.9 Å². The fourth-order valence-corrected chi connectivity index (χ4v) is 4.92. The lowest BCUT2D eigenvalue weighted by Crippen LogP contribution is -2.44. The Morgan fingerprint density at radius 1 is 0.808 bits per heavy atom. The van der Waals surface area contributed by atoms with E-state index in [1.807, 2.05) is 0 Å². The summed E-state index contributed by atoms with van der Waals surface area (Å²) in [7, 11) is 0. The average molecular weight is 351 g/mol. The minimum absolute atomic E-state index is 0.302. The molecule has 1 atom stereocenters. The van der Waals surface area contributed by atoms with E-state index in [9.17, 15) is 5.11 Å². The molecule has 3 heteroatoms. The molecule has 1 spiro atoms. The van der Waals surface area contributed by atoms with E-state index in [2.05, 4.69) is 70.5 Å². The predicted molar refractivity (Wildman–Crippen MR) is 106 cm³/mol. The van der Waals surface area contributed by atoms with E-state index in [1.54, 1.807) is 0 Å². The lowest BCUT2D eigenvalue weighted by atomic mass is 9.71. The second-order valence-electron chi connectivity index (χ2n) is 8.16. The van der Waals surface area contributed by atoms with Crippen molar-refractivity contribution < 1.29 is 5.11 Å². The first-order valence-corrected chi connectivity index (χ1v) is 9.91. The van der Waals surface area contributed by atoms with Crippen molar-refractivity contribution in [1.82, 2.24) is 9.80 Å². The molecule has 1 unspecified atom stereocenters. The van der Waals surface area contributed by atoms with Crippen LogP contribution < -0.4 is 0 Å². The van der Waals surface area contributed by atoms with Gasteiger partial charge in [0.25, 0.3) is 0 Å². The van der Waals surface area contributed by atoms with E-state index < -0.39 is 0 Å². The van der Waals surface area contributed by atoms with Crippen LogP contribution >= 0.6 is 0 Å². The van der Waals surface area contributed by atoms with E-state index in [4.69, 9.17) is 0 Å². The molecule has 0 bridgehead atoms. The van der Waals surface area contributed by atoms with Gasteiger partial charge in [0, 0.05) is 38.7 Å². The summed E-state index contributed by atoms with van der Waals surface area (Å²) < 4.78 is 0. The van der Waals surface area contributed by atoms with Crippen LogP contribution in [0.2, 0.25) is 0 Å². The SMILES string of the molecule is OCC1CN(Cc2ccccc2)CC12CCN(Cc1ccccc1)CC2. The number of rotatable bonds is 5. The molecular weight excluding hydrogens is 320 g/mol. The van der Waals surface area contributed by atoms with E-state index >= 15 is 0 Å². The second kappa shape index (κ2) is 7.91. The second-order valence-corrected chi connectivity index (χ2v) is 8.16. The van der Waals surface area contributed by atoms with Gasteiger partial charge in [0.2, 0.25) is 0 Å². The summed E-state index contributed by atoms with van der Waals surface area (Å²) in [6.45, 7) is 6.83. The monoisotopic (exact) mass is 350 g/mol. The zero-order valence-corrected chi connectivity index (χ0v) is 15.6. The van der Waals surface area contributed by atoms with E-state index in [0.717, 1.165) is 39.3 Å². The lowest BCUT2D eigenvalue weighted by Gasteiger charge is -2.42. The number of likely N-dealkylation sites (tertiary alicyclic amines) is 2. The highest BCUT2D eigenvalue weighted by Crippen LogP contribution is 2.45. The summed E-state index contributed by atoms with van der Waals surface area (Å²) >= 11 is 0. The number of aliphatic hydroxyl groups excluding tert-OH is 1. The van der Waals surface area contributed by atoms with Crippen LogP contribution in [-0.4, -0.2) is 47.7 Å². The summed E-state index contributed by atoms with van der Waals surface area (Å²) in [6, 6.07) is 21.5. The molecule has 138 valence electrons. The molecule has 2 fully saturated rings. The molecule has 0 aromatic heterocycles. The first-order chi connectivity index (χ1) is 12.8. The van der Waals surface area contributed by atoms with Crippen LogP contribution in [-0.2, 0) is 13.1 Å². The Labute approximate surface area is 157 Å². The van der Waals surface area contributed by atoms with E-state index in [-0.39, 0.29) is 0 Å². The minimum Gasteiger partial charge on any atom is -0.396 e. The predicted octanol–water partition coefficient (Wildman–Crippen LogP) is 3.39. The molecule has 0 aliphatic carbocycles. The standard InChI is InChI=1S/C23H30N2O/c26-18-22-17-25(16-21-9-5-2-6-10-21)19-23(22)11-13-24(14-12-23)15-20-7-3-1-4-8-20/h1-10,22,26H,11-19H2. The number of nitrogens with zero attached hydrogens (tertiary/aromatic N) is 2. The molecule has 3 nitrogen and oxygen atoms in total. The van der Waals surface area contributed by atoms with Crippen LogP contribution in [0.25, 0.3) is 0 Å². The highest BCUT2D eigenvalue weighted by Gasteiger charge is 2.47. The maximum atomic E-state index is 10.0. The van der Waals surface area contributed by atoms with Gasteiger partial charge in [-0.25, -0.2) is 0 Å². The van der Waals surface area contributed by atoms with Crippen LogP contribution in [0.15, 0.2) is 60.7 Å². The highest BCUT2D eigenvalue weighted by atomic mass is 16.3. The Bertz CT molecular complexity index is 680. The highest BCUT2D eigenvalue weighted by molar-refractivity contribution is 5.16.